The first-order chi connectivity index (χ1) is 17.8. The van der Waals surface area contributed by atoms with Crippen molar-refractivity contribution >= 4 is 58.4 Å². The zero-order valence-corrected chi connectivity index (χ0v) is 24.0. The Bertz CT molecular complexity index is 1190. The molecule has 0 spiro atoms. The van der Waals surface area contributed by atoms with E-state index in [2.05, 4.69) is 5.32 Å². The number of carbonyl (C=O) groups is 2. The van der Waals surface area contributed by atoms with Gasteiger partial charge in [0.1, 0.15) is 6.04 Å². The van der Waals surface area contributed by atoms with E-state index in [0.717, 1.165) is 23.1 Å². The largest absolute Gasteiger partial charge is 0.352 e. The Morgan fingerprint density at radius 3 is 2.30 bits per heavy atom. The number of halogens is 3. The molecule has 0 aliphatic carbocycles. The average Bonchev–Trinajstić information content (AvgIpc) is 2.88. The van der Waals surface area contributed by atoms with Crippen LogP contribution in [0.25, 0.3) is 0 Å². The highest BCUT2D eigenvalue weighted by molar-refractivity contribution is 7.99. The molecule has 3 aromatic carbocycles. The van der Waals surface area contributed by atoms with Crippen LogP contribution in [0.5, 0.6) is 0 Å². The molecule has 0 fully saturated rings. The quantitative estimate of drug-likeness (QED) is 0.243. The van der Waals surface area contributed by atoms with Crippen molar-refractivity contribution in [1.29, 1.82) is 0 Å². The van der Waals surface area contributed by atoms with Crippen molar-refractivity contribution in [2.45, 2.75) is 51.1 Å². The van der Waals surface area contributed by atoms with Crippen LogP contribution < -0.4 is 5.32 Å². The molecule has 0 aliphatic heterocycles. The topological polar surface area (TPSA) is 49.4 Å². The van der Waals surface area contributed by atoms with Crippen molar-refractivity contribution < 1.29 is 9.59 Å². The van der Waals surface area contributed by atoms with E-state index in [4.69, 9.17) is 34.8 Å². The number of nitrogens with one attached hydrogen (secondary N) is 1. The van der Waals surface area contributed by atoms with E-state index < -0.39 is 6.04 Å². The van der Waals surface area contributed by atoms with Gasteiger partial charge in [-0.2, -0.15) is 0 Å². The van der Waals surface area contributed by atoms with Gasteiger partial charge in [0.25, 0.3) is 0 Å². The van der Waals surface area contributed by atoms with Crippen LogP contribution in [-0.2, 0) is 28.3 Å². The summed E-state index contributed by atoms with van der Waals surface area (Å²) in [5.41, 5.74) is 2.66. The van der Waals surface area contributed by atoms with Crippen molar-refractivity contribution in [2.24, 2.45) is 0 Å². The Kier molecular flexibility index (Phi) is 11.7. The lowest BCUT2D eigenvalue weighted by molar-refractivity contribution is -0.139. The van der Waals surface area contributed by atoms with Crippen LogP contribution in [0.1, 0.15) is 37.0 Å². The summed E-state index contributed by atoms with van der Waals surface area (Å²) >= 11 is 20.4. The minimum Gasteiger partial charge on any atom is -0.352 e. The predicted octanol–water partition coefficient (Wildman–Crippen LogP) is 7.43. The number of rotatable bonds is 12. The van der Waals surface area contributed by atoms with E-state index >= 15 is 0 Å². The lowest BCUT2D eigenvalue weighted by Crippen LogP contribution is -2.52. The van der Waals surface area contributed by atoms with Crippen LogP contribution in [0.4, 0.5) is 0 Å². The lowest BCUT2D eigenvalue weighted by atomic mass is 10.0. The fraction of sp³-hybridized carbons (Fsp3) is 0.310. The lowest BCUT2D eigenvalue weighted by Gasteiger charge is -2.32. The maximum Gasteiger partial charge on any atom is 0.243 e. The normalized spacial score (nSPS) is 12.6. The van der Waals surface area contributed by atoms with Gasteiger partial charge in [-0.3, -0.25) is 9.59 Å². The first-order valence-electron chi connectivity index (χ1n) is 12.2. The third-order valence-corrected chi connectivity index (χ3v) is 7.99. The molecule has 3 aromatic rings. The van der Waals surface area contributed by atoms with Gasteiger partial charge >= 0.3 is 0 Å². The zero-order valence-electron chi connectivity index (χ0n) is 20.9. The first kappa shape index (κ1) is 29.4. The Morgan fingerprint density at radius 2 is 1.62 bits per heavy atom. The van der Waals surface area contributed by atoms with Crippen molar-refractivity contribution in [3.05, 3.63) is 105 Å². The van der Waals surface area contributed by atoms with E-state index in [1.54, 1.807) is 23.1 Å². The fourth-order valence-electron chi connectivity index (χ4n) is 3.78. The molecule has 196 valence electrons. The third-order valence-electron chi connectivity index (χ3n) is 6.07. The molecule has 37 heavy (non-hydrogen) atoms. The van der Waals surface area contributed by atoms with Crippen LogP contribution in [0.3, 0.4) is 0 Å². The highest BCUT2D eigenvalue weighted by Gasteiger charge is 2.31. The Hall–Kier alpha value is -2.18. The Labute approximate surface area is 238 Å². The molecule has 0 aromatic heterocycles. The molecule has 0 aliphatic rings. The van der Waals surface area contributed by atoms with Gasteiger partial charge in [-0.25, -0.2) is 0 Å². The monoisotopic (exact) mass is 576 g/mol. The van der Waals surface area contributed by atoms with Crippen LogP contribution in [0.2, 0.25) is 15.1 Å². The average molecular weight is 578 g/mol. The molecule has 1 N–H and O–H groups in total. The molecule has 3 rings (SSSR count). The standard InChI is InChI=1S/C29H31Cl3N2O2S/c1-3-20(2)33-29(36)27(15-21-9-5-4-6-10-21)34(17-22-13-14-24(30)16-26(22)32)28(35)19-37-18-23-11-7-8-12-25(23)31/h4-14,16,20,27H,3,15,17-19H2,1-2H3,(H,33,36)/t20-,27-/m1/s1. The zero-order chi connectivity index (χ0) is 26.8. The predicted molar refractivity (Wildman–Crippen MR) is 156 cm³/mol. The Morgan fingerprint density at radius 1 is 0.919 bits per heavy atom. The van der Waals surface area contributed by atoms with Crippen molar-refractivity contribution in [3.8, 4) is 0 Å². The van der Waals surface area contributed by atoms with Gasteiger partial charge in [0.15, 0.2) is 0 Å². The summed E-state index contributed by atoms with van der Waals surface area (Å²) in [5, 5.41) is 4.71. The van der Waals surface area contributed by atoms with Crippen molar-refractivity contribution in [2.75, 3.05) is 5.75 Å². The molecule has 0 unspecified atom stereocenters. The van der Waals surface area contributed by atoms with Gasteiger partial charge in [0.2, 0.25) is 11.8 Å². The second kappa shape index (κ2) is 14.7. The molecule has 4 nitrogen and oxygen atoms in total. The van der Waals surface area contributed by atoms with E-state index in [1.165, 1.54) is 11.8 Å². The number of hydrogen-bond acceptors (Lipinski definition) is 3. The van der Waals surface area contributed by atoms with E-state index in [-0.39, 0.29) is 30.2 Å². The van der Waals surface area contributed by atoms with Gasteiger partial charge in [-0.15, -0.1) is 11.8 Å². The van der Waals surface area contributed by atoms with Crippen LogP contribution >= 0.6 is 46.6 Å². The second-order valence-corrected chi connectivity index (χ2v) is 11.1. The van der Waals surface area contributed by atoms with Crippen LogP contribution in [0, 0.1) is 0 Å². The maximum absolute atomic E-state index is 13.7. The Balaban J connectivity index is 1.89. The molecule has 0 saturated carbocycles. The van der Waals surface area contributed by atoms with Gasteiger partial charge in [0.05, 0.1) is 5.75 Å². The summed E-state index contributed by atoms with van der Waals surface area (Å²) in [6.45, 7) is 4.16. The van der Waals surface area contributed by atoms with E-state index in [1.807, 2.05) is 68.4 Å². The van der Waals surface area contributed by atoms with Gasteiger partial charge in [-0.05, 0) is 48.2 Å². The third kappa shape index (κ3) is 8.96. The molecule has 0 radical (unpaired) electrons. The summed E-state index contributed by atoms with van der Waals surface area (Å²) in [7, 11) is 0. The van der Waals surface area contributed by atoms with Crippen LogP contribution in [-0.4, -0.2) is 34.6 Å². The highest BCUT2D eigenvalue weighted by Crippen LogP contribution is 2.26. The van der Waals surface area contributed by atoms with Gasteiger partial charge in [0, 0.05) is 39.8 Å². The van der Waals surface area contributed by atoms with Gasteiger partial charge in [-0.1, -0.05) is 96.3 Å². The van der Waals surface area contributed by atoms with Crippen molar-refractivity contribution in [3.63, 3.8) is 0 Å². The van der Waals surface area contributed by atoms with Crippen LogP contribution in [0.15, 0.2) is 72.8 Å². The summed E-state index contributed by atoms with van der Waals surface area (Å²) in [5.74, 6) is 0.442. The molecule has 8 heteroatoms. The molecular formula is C29H31Cl3N2O2S. The number of hydrogen-bond donors (Lipinski definition) is 1. The van der Waals surface area contributed by atoms with Gasteiger partial charge < -0.3 is 10.2 Å². The summed E-state index contributed by atoms with van der Waals surface area (Å²) in [6, 6.07) is 21.8. The number of thioether (sulfide) groups is 1. The minimum atomic E-state index is -0.712. The first-order valence-corrected chi connectivity index (χ1v) is 14.5. The molecule has 2 atom stereocenters. The van der Waals surface area contributed by atoms with Crippen molar-refractivity contribution in [1.82, 2.24) is 10.2 Å². The molecule has 0 bridgehead atoms. The molecule has 0 saturated heterocycles. The maximum atomic E-state index is 13.7. The minimum absolute atomic E-state index is 0.0172. The second-order valence-electron chi connectivity index (χ2n) is 8.86. The SMILES string of the molecule is CC[C@@H](C)NC(=O)[C@@H](Cc1ccccc1)N(Cc1ccc(Cl)cc1Cl)C(=O)CSCc1ccccc1Cl. The smallest absolute Gasteiger partial charge is 0.243 e. The molecular weight excluding hydrogens is 547 g/mol. The van der Waals surface area contributed by atoms with E-state index in [9.17, 15) is 9.59 Å². The number of nitrogens with zero attached hydrogens (tertiary/aromatic N) is 1. The highest BCUT2D eigenvalue weighted by atomic mass is 35.5. The summed E-state index contributed by atoms with van der Waals surface area (Å²) in [6.07, 6.45) is 1.17. The number of amides is 2. The number of benzene rings is 3. The van der Waals surface area contributed by atoms with E-state index in [0.29, 0.717) is 27.2 Å². The summed E-state index contributed by atoms with van der Waals surface area (Å²) in [4.78, 5) is 28.9. The molecule has 2 amide bonds. The molecule has 0 heterocycles. The number of carbonyl (C=O) groups excluding carboxylic acids is 2. The fourth-order valence-corrected chi connectivity index (χ4v) is 5.44. The summed E-state index contributed by atoms with van der Waals surface area (Å²) < 4.78 is 0.